The van der Waals surface area contributed by atoms with Crippen LogP contribution < -0.4 is 10.1 Å². The van der Waals surface area contributed by atoms with Crippen molar-refractivity contribution in [3.8, 4) is 5.75 Å². The van der Waals surface area contributed by atoms with Crippen LogP contribution in [0.3, 0.4) is 0 Å². The van der Waals surface area contributed by atoms with E-state index in [1.54, 1.807) is 31.5 Å². The van der Waals surface area contributed by atoms with Crippen LogP contribution in [0.25, 0.3) is 0 Å². The maximum Gasteiger partial charge on any atom is 0.260 e. The molecule has 1 aromatic heterocycles. The molecule has 0 aliphatic carbocycles. The molecule has 3 rings (SSSR count). The van der Waals surface area contributed by atoms with Crippen LogP contribution in [0.2, 0.25) is 0 Å². The Morgan fingerprint density at radius 3 is 2.88 bits per heavy atom. The van der Waals surface area contributed by atoms with Crippen molar-refractivity contribution in [3.05, 3.63) is 59.9 Å². The first-order chi connectivity index (χ1) is 12.1. The van der Waals surface area contributed by atoms with Gasteiger partial charge in [0, 0.05) is 12.6 Å². The highest BCUT2D eigenvalue weighted by atomic mass is 16.6. The molecule has 0 saturated heterocycles. The number of aromatic nitrogens is 1. The number of benzene rings is 1. The number of nitrogens with one attached hydrogen (secondary N) is 1. The molecule has 25 heavy (non-hydrogen) atoms. The first-order valence-electron chi connectivity index (χ1n) is 8.26. The molecular formula is C19H21N3O3. The number of amides is 1. The number of nitrogens with zero attached hydrogens (tertiary/aromatic N) is 2. The van der Waals surface area contributed by atoms with Gasteiger partial charge in [-0.3, -0.25) is 9.78 Å². The summed E-state index contributed by atoms with van der Waals surface area (Å²) < 4.78 is 5.55. The van der Waals surface area contributed by atoms with Gasteiger partial charge in [0.2, 0.25) is 0 Å². The summed E-state index contributed by atoms with van der Waals surface area (Å²) in [7, 11) is 0. The summed E-state index contributed by atoms with van der Waals surface area (Å²) in [6.07, 6.45) is 3.13. The average Bonchev–Trinajstić information content (AvgIpc) is 3.10. The largest absolute Gasteiger partial charge is 0.479 e. The summed E-state index contributed by atoms with van der Waals surface area (Å²) in [6.45, 7) is 4.13. The van der Waals surface area contributed by atoms with E-state index in [0.29, 0.717) is 18.7 Å². The molecule has 2 heterocycles. The molecule has 6 heteroatoms. The predicted octanol–water partition coefficient (Wildman–Crippen LogP) is 2.47. The van der Waals surface area contributed by atoms with Crippen LogP contribution in [0.4, 0.5) is 0 Å². The molecule has 1 aromatic carbocycles. The number of carbonyl (C=O) groups excluding carboxylic acids is 1. The minimum atomic E-state index is -0.608. The van der Waals surface area contributed by atoms with Crippen molar-refractivity contribution in [2.24, 2.45) is 5.16 Å². The van der Waals surface area contributed by atoms with E-state index in [1.807, 2.05) is 31.2 Å². The van der Waals surface area contributed by atoms with Gasteiger partial charge in [0.15, 0.2) is 6.10 Å². The Morgan fingerprint density at radius 1 is 1.36 bits per heavy atom. The monoisotopic (exact) mass is 339 g/mol. The predicted molar refractivity (Wildman–Crippen MR) is 94.5 cm³/mol. The topological polar surface area (TPSA) is 72.8 Å². The second kappa shape index (κ2) is 7.79. The van der Waals surface area contributed by atoms with Gasteiger partial charge in [-0.25, -0.2) is 0 Å². The lowest BCUT2D eigenvalue weighted by Crippen LogP contribution is -2.40. The third kappa shape index (κ3) is 4.56. The summed E-state index contributed by atoms with van der Waals surface area (Å²) in [6, 6.07) is 11.7. The minimum absolute atomic E-state index is 0.161. The van der Waals surface area contributed by atoms with Gasteiger partial charge in [0.05, 0.1) is 18.5 Å². The summed E-state index contributed by atoms with van der Waals surface area (Å²) in [4.78, 5) is 21.5. The lowest BCUT2D eigenvalue weighted by molar-refractivity contribution is -0.127. The van der Waals surface area contributed by atoms with Crippen molar-refractivity contribution >= 4 is 11.6 Å². The second-order valence-corrected chi connectivity index (χ2v) is 6.03. The SMILES string of the molecule is Cc1ccc(C2=NO[C@H](CNC(=O)[C@H](C)Oc3cccnc3)C2)cc1. The van der Waals surface area contributed by atoms with Gasteiger partial charge in [0.1, 0.15) is 11.9 Å². The number of hydrogen-bond donors (Lipinski definition) is 1. The Kier molecular flexibility index (Phi) is 5.28. The number of ether oxygens (including phenoxy) is 1. The maximum absolute atomic E-state index is 12.1. The standard InChI is InChI=1S/C19H21N3O3/c1-13-5-7-15(8-6-13)18-10-17(25-22-18)12-21-19(23)14(2)24-16-4-3-9-20-11-16/h3-9,11,14,17H,10,12H2,1-2H3,(H,21,23)/t14-,17-/m0/s1. The Labute approximate surface area is 146 Å². The number of oxime groups is 1. The molecule has 0 spiro atoms. The first-order valence-corrected chi connectivity index (χ1v) is 8.26. The molecule has 0 saturated carbocycles. The van der Waals surface area contributed by atoms with E-state index in [1.165, 1.54) is 5.56 Å². The molecule has 0 radical (unpaired) electrons. The third-order valence-electron chi connectivity index (χ3n) is 3.94. The highest BCUT2D eigenvalue weighted by Gasteiger charge is 2.24. The maximum atomic E-state index is 12.1. The van der Waals surface area contributed by atoms with Crippen molar-refractivity contribution in [1.82, 2.24) is 10.3 Å². The van der Waals surface area contributed by atoms with Crippen molar-refractivity contribution < 1.29 is 14.4 Å². The fraction of sp³-hybridized carbons (Fsp3) is 0.316. The highest BCUT2D eigenvalue weighted by molar-refractivity contribution is 6.01. The number of aryl methyl sites for hydroxylation is 1. The normalized spacial score (nSPS) is 17.4. The van der Waals surface area contributed by atoms with Crippen LogP contribution in [0, 0.1) is 6.92 Å². The molecule has 2 aromatic rings. The van der Waals surface area contributed by atoms with Crippen LogP contribution in [0.15, 0.2) is 53.9 Å². The third-order valence-corrected chi connectivity index (χ3v) is 3.94. The number of pyridine rings is 1. The van der Waals surface area contributed by atoms with Crippen LogP contribution >= 0.6 is 0 Å². The van der Waals surface area contributed by atoms with E-state index >= 15 is 0 Å². The summed E-state index contributed by atoms with van der Waals surface area (Å²) in [5, 5.41) is 6.98. The number of rotatable bonds is 6. The molecule has 6 nitrogen and oxygen atoms in total. The van der Waals surface area contributed by atoms with Crippen LogP contribution in [0.5, 0.6) is 5.75 Å². The molecule has 1 N–H and O–H groups in total. The van der Waals surface area contributed by atoms with E-state index in [4.69, 9.17) is 9.57 Å². The molecule has 1 aliphatic rings. The van der Waals surface area contributed by atoms with E-state index in [-0.39, 0.29) is 12.0 Å². The molecule has 0 bridgehead atoms. The average molecular weight is 339 g/mol. The lowest BCUT2D eigenvalue weighted by Gasteiger charge is -2.15. The Morgan fingerprint density at radius 2 is 2.16 bits per heavy atom. The number of carbonyl (C=O) groups is 1. The van der Waals surface area contributed by atoms with Gasteiger partial charge in [-0.15, -0.1) is 0 Å². The van der Waals surface area contributed by atoms with E-state index in [0.717, 1.165) is 11.3 Å². The summed E-state index contributed by atoms with van der Waals surface area (Å²) >= 11 is 0. The zero-order valence-electron chi connectivity index (χ0n) is 14.3. The van der Waals surface area contributed by atoms with Crippen LogP contribution in [0.1, 0.15) is 24.5 Å². The van der Waals surface area contributed by atoms with Gasteiger partial charge in [-0.1, -0.05) is 35.0 Å². The second-order valence-electron chi connectivity index (χ2n) is 6.03. The smallest absolute Gasteiger partial charge is 0.260 e. The van der Waals surface area contributed by atoms with Gasteiger partial charge in [-0.05, 0) is 31.5 Å². The fourth-order valence-electron chi connectivity index (χ4n) is 2.49. The number of hydrogen-bond acceptors (Lipinski definition) is 5. The molecule has 0 unspecified atom stereocenters. The van der Waals surface area contributed by atoms with E-state index in [2.05, 4.69) is 15.5 Å². The molecule has 1 aliphatic heterocycles. The summed E-state index contributed by atoms with van der Waals surface area (Å²) in [5.41, 5.74) is 3.15. The van der Waals surface area contributed by atoms with E-state index in [9.17, 15) is 4.79 Å². The first kappa shape index (κ1) is 17.0. The Balaban J connectivity index is 1.45. The molecule has 130 valence electrons. The molecule has 0 fully saturated rings. The molecule has 2 atom stereocenters. The zero-order valence-corrected chi connectivity index (χ0v) is 14.3. The van der Waals surface area contributed by atoms with Crippen molar-refractivity contribution in [3.63, 3.8) is 0 Å². The van der Waals surface area contributed by atoms with Gasteiger partial charge >= 0.3 is 0 Å². The summed E-state index contributed by atoms with van der Waals surface area (Å²) in [5.74, 6) is 0.364. The van der Waals surface area contributed by atoms with Gasteiger partial charge in [0.25, 0.3) is 5.91 Å². The minimum Gasteiger partial charge on any atom is -0.479 e. The Bertz CT molecular complexity index is 744. The highest BCUT2D eigenvalue weighted by Crippen LogP contribution is 2.17. The molecular weight excluding hydrogens is 318 g/mol. The van der Waals surface area contributed by atoms with Gasteiger partial charge in [-0.2, -0.15) is 0 Å². The lowest BCUT2D eigenvalue weighted by atomic mass is 10.0. The Hall–Kier alpha value is -2.89. The fourth-order valence-corrected chi connectivity index (χ4v) is 2.49. The van der Waals surface area contributed by atoms with Crippen molar-refractivity contribution in [2.45, 2.75) is 32.5 Å². The van der Waals surface area contributed by atoms with Gasteiger partial charge < -0.3 is 14.9 Å². The molecule has 1 amide bonds. The van der Waals surface area contributed by atoms with Crippen molar-refractivity contribution in [1.29, 1.82) is 0 Å². The zero-order chi connectivity index (χ0) is 17.6. The quantitative estimate of drug-likeness (QED) is 0.877. The van der Waals surface area contributed by atoms with E-state index < -0.39 is 6.10 Å². The van der Waals surface area contributed by atoms with Crippen LogP contribution in [-0.4, -0.2) is 35.4 Å². The van der Waals surface area contributed by atoms with Crippen molar-refractivity contribution in [2.75, 3.05) is 6.54 Å². The van der Waals surface area contributed by atoms with Crippen LogP contribution in [-0.2, 0) is 9.63 Å².